The lowest BCUT2D eigenvalue weighted by molar-refractivity contribution is -0.137. The van der Waals surface area contributed by atoms with Gasteiger partial charge < -0.3 is 15.4 Å². The zero-order valence-electron chi connectivity index (χ0n) is 16.1. The molecule has 4 nitrogen and oxygen atoms in total. The van der Waals surface area contributed by atoms with Gasteiger partial charge in [0, 0.05) is 31.6 Å². The first kappa shape index (κ1) is 21.1. The molecule has 156 valence electrons. The number of ether oxygens (including phenoxy) is 1. The Hall–Kier alpha value is -1.60. The van der Waals surface area contributed by atoms with Crippen molar-refractivity contribution in [1.29, 1.82) is 0 Å². The second-order valence-corrected chi connectivity index (χ2v) is 7.98. The molecule has 7 heteroatoms. The minimum Gasteiger partial charge on any atom is -0.381 e. The molecular formula is C21H29F3N2O2. The van der Waals surface area contributed by atoms with E-state index in [4.69, 9.17) is 4.74 Å². The zero-order valence-corrected chi connectivity index (χ0v) is 16.1. The third-order valence-corrected chi connectivity index (χ3v) is 6.11. The van der Waals surface area contributed by atoms with Crippen molar-refractivity contribution < 1.29 is 22.7 Å². The van der Waals surface area contributed by atoms with E-state index in [2.05, 4.69) is 10.6 Å². The van der Waals surface area contributed by atoms with Gasteiger partial charge in [-0.05, 0) is 62.7 Å². The topological polar surface area (TPSA) is 50.4 Å². The van der Waals surface area contributed by atoms with E-state index in [0.717, 1.165) is 38.4 Å². The van der Waals surface area contributed by atoms with E-state index < -0.39 is 17.2 Å². The molecule has 3 rings (SSSR count). The zero-order chi connectivity index (χ0) is 20.0. The molecule has 2 saturated heterocycles. The molecule has 2 aliphatic rings. The molecule has 1 aromatic carbocycles. The van der Waals surface area contributed by atoms with Crippen molar-refractivity contribution in [2.45, 2.75) is 50.1 Å². The van der Waals surface area contributed by atoms with Crippen LogP contribution in [0.4, 0.5) is 13.2 Å². The van der Waals surface area contributed by atoms with Crippen LogP contribution in [-0.4, -0.2) is 38.8 Å². The molecule has 0 aliphatic carbocycles. The van der Waals surface area contributed by atoms with Crippen LogP contribution in [0.15, 0.2) is 24.3 Å². The molecule has 0 unspecified atom stereocenters. The maximum absolute atomic E-state index is 13.2. The molecule has 0 bridgehead atoms. The van der Waals surface area contributed by atoms with Crippen molar-refractivity contribution in [3.63, 3.8) is 0 Å². The number of hydrogen-bond acceptors (Lipinski definition) is 3. The van der Waals surface area contributed by atoms with Gasteiger partial charge in [0.1, 0.15) is 0 Å². The number of alkyl halides is 3. The summed E-state index contributed by atoms with van der Waals surface area (Å²) in [5.41, 5.74) is -0.526. The fraction of sp³-hybridized carbons (Fsp3) is 0.667. The van der Waals surface area contributed by atoms with Gasteiger partial charge in [0.2, 0.25) is 5.91 Å². The van der Waals surface area contributed by atoms with Crippen molar-refractivity contribution in [3.05, 3.63) is 35.4 Å². The first-order valence-electron chi connectivity index (χ1n) is 10.1. The minimum absolute atomic E-state index is 0.0172. The number of piperidine rings is 1. The molecule has 0 spiro atoms. The van der Waals surface area contributed by atoms with Gasteiger partial charge in [-0.25, -0.2) is 0 Å². The number of halogens is 3. The van der Waals surface area contributed by atoms with E-state index in [1.165, 1.54) is 12.1 Å². The lowest BCUT2D eigenvalue weighted by Gasteiger charge is -2.38. The molecule has 0 aromatic heterocycles. The number of carbonyl (C=O) groups is 1. The van der Waals surface area contributed by atoms with Crippen LogP contribution in [-0.2, 0) is 21.1 Å². The molecule has 2 N–H and O–H groups in total. The van der Waals surface area contributed by atoms with E-state index in [1.807, 2.05) is 0 Å². The van der Waals surface area contributed by atoms with Crippen molar-refractivity contribution >= 4 is 5.91 Å². The maximum Gasteiger partial charge on any atom is 0.416 e. The molecule has 1 aromatic rings. The summed E-state index contributed by atoms with van der Waals surface area (Å²) in [4.78, 5) is 12.4. The highest BCUT2D eigenvalue weighted by Gasteiger charge is 2.37. The Kier molecular flexibility index (Phi) is 6.99. The lowest BCUT2D eigenvalue weighted by Crippen LogP contribution is -2.44. The summed E-state index contributed by atoms with van der Waals surface area (Å²) in [5, 5.41) is 6.31. The standard InChI is InChI=1S/C21H29F3N2O2/c22-21(23,24)18-3-1-2-17(14-18)20(8-12-28-13-9-20)15-26-19(27)5-4-16-6-10-25-11-7-16/h1-3,14,16,25H,4-13,15H2,(H,26,27). The minimum atomic E-state index is -4.37. The van der Waals surface area contributed by atoms with Crippen LogP contribution in [0.25, 0.3) is 0 Å². The normalized spacial score (nSPS) is 20.7. The summed E-state index contributed by atoms with van der Waals surface area (Å²) in [7, 11) is 0. The van der Waals surface area contributed by atoms with Crippen LogP contribution >= 0.6 is 0 Å². The Balaban J connectivity index is 1.64. The lowest BCUT2D eigenvalue weighted by atomic mass is 9.73. The fourth-order valence-corrected chi connectivity index (χ4v) is 4.22. The van der Waals surface area contributed by atoms with Gasteiger partial charge in [-0.15, -0.1) is 0 Å². The molecule has 2 aliphatic heterocycles. The Morgan fingerprint density at radius 3 is 2.61 bits per heavy atom. The number of nitrogens with one attached hydrogen (secondary N) is 2. The Morgan fingerprint density at radius 2 is 1.93 bits per heavy atom. The molecular weight excluding hydrogens is 369 g/mol. The van der Waals surface area contributed by atoms with Crippen LogP contribution in [0.5, 0.6) is 0 Å². The second kappa shape index (κ2) is 9.27. The Bertz CT molecular complexity index is 651. The summed E-state index contributed by atoms with van der Waals surface area (Å²) in [5.74, 6) is 0.559. The van der Waals surface area contributed by atoms with Gasteiger partial charge in [0.25, 0.3) is 0 Å². The quantitative estimate of drug-likeness (QED) is 0.769. The molecule has 0 atom stereocenters. The molecule has 2 fully saturated rings. The SMILES string of the molecule is O=C(CCC1CCNCC1)NCC1(c2cccc(C(F)(F)F)c2)CCOCC1. The highest BCUT2D eigenvalue weighted by Crippen LogP contribution is 2.37. The van der Waals surface area contributed by atoms with Crippen LogP contribution in [0, 0.1) is 5.92 Å². The van der Waals surface area contributed by atoms with Gasteiger partial charge in [-0.2, -0.15) is 13.2 Å². The van der Waals surface area contributed by atoms with Crippen molar-refractivity contribution in [2.75, 3.05) is 32.8 Å². The molecule has 2 heterocycles. The summed E-state index contributed by atoms with van der Waals surface area (Å²) < 4.78 is 44.9. The predicted molar refractivity (Wildman–Crippen MR) is 101 cm³/mol. The third-order valence-electron chi connectivity index (χ3n) is 6.11. The number of rotatable bonds is 6. The van der Waals surface area contributed by atoms with E-state index >= 15 is 0 Å². The van der Waals surface area contributed by atoms with Gasteiger partial charge >= 0.3 is 6.18 Å². The van der Waals surface area contributed by atoms with Gasteiger partial charge in [-0.1, -0.05) is 18.2 Å². The van der Waals surface area contributed by atoms with Crippen molar-refractivity contribution in [2.24, 2.45) is 5.92 Å². The second-order valence-electron chi connectivity index (χ2n) is 7.98. The smallest absolute Gasteiger partial charge is 0.381 e. The molecule has 0 saturated carbocycles. The van der Waals surface area contributed by atoms with Crippen molar-refractivity contribution in [3.8, 4) is 0 Å². The Labute approximate surface area is 164 Å². The van der Waals surface area contributed by atoms with E-state index in [-0.39, 0.29) is 5.91 Å². The van der Waals surface area contributed by atoms with E-state index in [1.54, 1.807) is 6.07 Å². The average molecular weight is 398 g/mol. The number of benzene rings is 1. The maximum atomic E-state index is 13.2. The summed E-state index contributed by atoms with van der Waals surface area (Å²) >= 11 is 0. The van der Waals surface area contributed by atoms with Gasteiger partial charge in [-0.3, -0.25) is 4.79 Å². The third kappa shape index (κ3) is 5.47. The molecule has 0 radical (unpaired) electrons. The number of carbonyl (C=O) groups excluding carboxylic acids is 1. The summed E-state index contributed by atoms with van der Waals surface area (Å²) in [6.45, 7) is 3.33. The first-order valence-corrected chi connectivity index (χ1v) is 10.1. The highest BCUT2D eigenvalue weighted by atomic mass is 19.4. The number of hydrogen-bond donors (Lipinski definition) is 2. The summed E-state index contributed by atoms with van der Waals surface area (Å²) in [6, 6.07) is 5.51. The molecule has 1 amide bonds. The van der Waals surface area contributed by atoms with Crippen LogP contribution in [0.1, 0.15) is 49.7 Å². The largest absolute Gasteiger partial charge is 0.416 e. The first-order chi connectivity index (χ1) is 13.4. The van der Waals surface area contributed by atoms with Crippen LogP contribution in [0.3, 0.4) is 0 Å². The van der Waals surface area contributed by atoms with E-state index in [9.17, 15) is 18.0 Å². The molecule has 28 heavy (non-hydrogen) atoms. The predicted octanol–water partition coefficient (Wildman–Crippen LogP) is 3.65. The average Bonchev–Trinajstić information content (AvgIpc) is 2.72. The van der Waals surface area contributed by atoms with Gasteiger partial charge in [0.15, 0.2) is 0 Å². The monoisotopic (exact) mass is 398 g/mol. The highest BCUT2D eigenvalue weighted by molar-refractivity contribution is 5.76. The number of amides is 1. The summed E-state index contributed by atoms with van der Waals surface area (Å²) in [6.07, 6.45) is 0.358. The fourth-order valence-electron chi connectivity index (χ4n) is 4.22. The van der Waals surface area contributed by atoms with Crippen molar-refractivity contribution in [1.82, 2.24) is 10.6 Å². The van der Waals surface area contributed by atoms with Gasteiger partial charge in [0.05, 0.1) is 5.56 Å². The van der Waals surface area contributed by atoms with E-state index in [0.29, 0.717) is 50.5 Å². The van der Waals surface area contributed by atoms with Crippen LogP contribution in [0.2, 0.25) is 0 Å². The van der Waals surface area contributed by atoms with Crippen LogP contribution < -0.4 is 10.6 Å². The Morgan fingerprint density at radius 1 is 1.21 bits per heavy atom.